The fourth-order valence-electron chi connectivity index (χ4n) is 2.07. The molecule has 5 nitrogen and oxygen atoms in total. The number of carboxylic acids is 1. The molecule has 0 aliphatic carbocycles. The maximum Gasteiger partial charge on any atom is 0.338 e. The molecule has 2 rings (SSSR count). The van der Waals surface area contributed by atoms with Crippen molar-refractivity contribution in [1.82, 2.24) is 9.88 Å². The molecule has 1 amide bonds. The lowest BCUT2D eigenvalue weighted by atomic mass is 10.1. The number of carboxylic acid groups (broad SMARTS) is 1. The van der Waals surface area contributed by atoms with E-state index in [1.165, 1.54) is 6.92 Å². The lowest BCUT2D eigenvalue weighted by molar-refractivity contribution is -0.128. The fraction of sp³-hybridized carbons (Fsp3) is 0.417. The minimum atomic E-state index is -1.08. The highest BCUT2D eigenvalue weighted by Crippen LogP contribution is 2.21. The molecule has 0 aromatic carbocycles. The highest BCUT2D eigenvalue weighted by atomic mass is 35.5. The average molecular weight is 269 g/mol. The van der Waals surface area contributed by atoms with Crippen LogP contribution in [-0.2, 0) is 17.6 Å². The van der Waals surface area contributed by atoms with Crippen LogP contribution in [0, 0.1) is 0 Å². The second-order valence-corrected chi connectivity index (χ2v) is 4.60. The van der Waals surface area contributed by atoms with E-state index in [1.54, 1.807) is 11.0 Å². The van der Waals surface area contributed by atoms with Crippen molar-refractivity contribution < 1.29 is 14.7 Å². The first-order chi connectivity index (χ1) is 8.49. The first kappa shape index (κ1) is 12.8. The van der Waals surface area contributed by atoms with E-state index < -0.39 is 5.97 Å². The van der Waals surface area contributed by atoms with Crippen LogP contribution in [0.4, 0.5) is 0 Å². The molecule has 1 aromatic rings. The van der Waals surface area contributed by atoms with Crippen molar-refractivity contribution in [3.8, 4) is 0 Å². The first-order valence-corrected chi connectivity index (χ1v) is 6.04. The predicted molar refractivity (Wildman–Crippen MR) is 65.9 cm³/mol. The number of aromatic nitrogens is 1. The van der Waals surface area contributed by atoms with Crippen molar-refractivity contribution in [3.05, 3.63) is 28.0 Å². The van der Waals surface area contributed by atoms with Crippen LogP contribution in [0.2, 0.25) is 5.15 Å². The number of amides is 1. The number of hydrogen-bond acceptors (Lipinski definition) is 3. The molecule has 18 heavy (non-hydrogen) atoms. The molecule has 0 saturated heterocycles. The fourth-order valence-corrected chi connectivity index (χ4v) is 2.31. The van der Waals surface area contributed by atoms with Gasteiger partial charge in [0.05, 0.1) is 5.56 Å². The Kier molecular flexibility index (Phi) is 3.52. The molecule has 0 radical (unpaired) electrons. The third kappa shape index (κ3) is 2.46. The maximum absolute atomic E-state index is 11.3. The molecule has 1 aromatic heterocycles. The van der Waals surface area contributed by atoms with Crippen molar-refractivity contribution in [2.45, 2.75) is 19.8 Å². The summed E-state index contributed by atoms with van der Waals surface area (Å²) in [6.45, 7) is 2.71. The van der Waals surface area contributed by atoms with E-state index in [1.807, 2.05) is 0 Å². The van der Waals surface area contributed by atoms with Crippen LogP contribution in [-0.4, -0.2) is 40.0 Å². The van der Waals surface area contributed by atoms with Crippen LogP contribution in [0.25, 0.3) is 0 Å². The van der Waals surface area contributed by atoms with Gasteiger partial charge < -0.3 is 10.0 Å². The Balaban J connectivity index is 2.33. The quantitative estimate of drug-likeness (QED) is 0.781. The van der Waals surface area contributed by atoms with Crippen LogP contribution < -0.4 is 0 Å². The maximum atomic E-state index is 11.3. The number of nitrogens with zero attached hydrogens (tertiary/aromatic N) is 2. The van der Waals surface area contributed by atoms with Gasteiger partial charge in [0, 0.05) is 32.1 Å². The van der Waals surface area contributed by atoms with Crippen LogP contribution in [0.3, 0.4) is 0 Å². The van der Waals surface area contributed by atoms with Crippen molar-refractivity contribution in [3.63, 3.8) is 0 Å². The highest BCUT2D eigenvalue weighted by Gasteiger charge is 2.20. The zero-order chi connectivity index (χ0) is 13.3. The van der Waals surface area contributed by atoms with E-state index in [2.05, 4.69) is 4.98 Å². The average Bonchev–Trinajstić information content (AvgIpc) is 2.49. The minimum absolute atomic E-state index is 0.0116. The van der Waals surface area contributed by atoms with Gasteiger partial charge >= 0.3 is 5.97 Å². The van der Waals surface area contributed by atoms with Crippen LogP contribution in [0.5, 0.6) is 0 Å². The topological polar surface area (TPSA) is 70.5 Å². The summed E-state index contributed by atoms with van der Waals surface area (Å²) in [7, 11) is 0. The van der Waals surface area contributed by atoms with Crippen LogP contribution >= 0.6 is 11.6 Å². The minimum Gasteiger partial charge on any atom is -0.478 e. The third-order valence-corrected chi connectivity index (χ3v) is 3.38. The van der Waals surface area contributed by atoms with Gasteiger partial charge in [0.15, 0.2) is 0 Å². The van der Waals surface area contributed by atoms with Crippen molar-refractivity contribution in [1.29, 1.82) is 0 Å². The van der Waals surface area contributed by atoms with E-state index in [0.717, 1.165) is 11.3 Å². The van der Waals surface area contributed by atoms with Gasteiger partial charge in [-0.05, 0) is 18.1 Å². The van der Waals surface area contributed by atoms with E-state index in [9.17, 15) is 9.59 Å². The zero-order valence-electron chi connectivity index (χ0n) is 9.94. The molecule has 0 spiro atoms. The standard InChI is InChI=1S/C12H13ClN2O3/c1-7(16)15-4-2-8-6-9(12(17)18)11(13)14-10(8)3-5-15/h6H,2-5H2,1H3,(H,17,18). The number of rotatable bonds is 1. The molecule has 6 heteroatoms. The summed E-state index contributed by atoms with van der Waals surface area (Å²) in [5.41, 5.74) is 1.67. The van der Waals surface area contributed by atoms with Crippen molar-refractivity contribution in [2.75, 3.05) is 13.1 Å². The normalized spacial score (nSPS) is 14.9. The van der Waals surface area contributed by atoms with Gasteiger partial charge in [0.1, 0.15) is 5.15 Å². The molecular weight excluding hydrogens is 256 g/mol. The second-order valence-electron chi connectivity index (χ2n) is 4.24. The van der Waals surface area contributed by atoms with E-state index in [-0.39, 0.29) is 16.6 Å². The number of aromatic carboxylic acids is 1. The van der Waals surface area contributed by atoms with E-state index in [4.69, 9.17) is 16.7 Å². The second kappa shape index (κ2) is 4.94. The largest absolute Gasteiger partial charge is 0.478 e. The van der Waals surface area contributed by atoms with Gasteiger partial charge in [-0.1, -0.05) is 11.6 Å². The number of fused-ring (bicyclic) bond motifs is 1. The van der Waals surface area contributed by atoms with Gasteiger partial charge in [-0.15, -0.1) is 0 Å². The Hall–Kier alpha value is -1.62. The summed E-state index contributed by atoms with van der Waals surface area (Å²) >= 11 is 5.84. The smallest absolute Gasteiger partial charge is 0.338 e. The Labute approximate surface area is 109 Å². The first-order valence-electron chi connectivity index (χ1n) is 5.66. The molecule has 0 saturated carbocycles. The lowest BCUT2D eigenvalue weighted by Crippen LogP contribution is -2.30. The number of hydrogen-bond donors (Lipinski definition) is 1. The van der Waals surface area contributed by atoms with Gasteiger partial charge in [0.25, 0.3) is 0 Å². The Morgan fingerprint density at radius 3 is 2.67 bits per heavy atom. The zero-order valence-corrected chi connectivity index (χ0v) is 10.7. The van der Waals surface area contributed by atoms with Gasteiger partial charge in [-0.3, -0.25) is 4.79 Å². The predicted octanol–water partition coefficient (Wildman–Crippen LogP) is 1.38. The van der Waals surface area contributed by atoms with Crippen molar-refractivity contribution in [2.24, 2.45) is 0 Å². The lowest BCUT2D eigenvalue weighted by Gasteiger charge is -2.17. The number of halogens is 1. The highest BCUT2D eigenvalue weighted by molar-refractivity contribution is 6.32. The van der Waals surface area contributed by atoms with Crippen LogP contribution in [0.15, 0.2) is 6.07 Å². The SMILES string of the molecule is CC(=O)N1CCc2cc(C(=O)O)c(Cl)nc2CC1. The van der Waals surface area contributed by atoms with Gasteiger partial charge in [0.2, 0.25) is 5.91 Å². The summed E-state index contributed by atoms with van der Waals surface area (Å²) in [5, 5.41) is 9.00. The molecule has 0 atom stereocenters. The summed E-state index contributed by atoms with van der Waals surface area (Å²) < 4.78 is 0. The van der Waals surface area contributed by atoms with E-state index in [0.29, 0.717) is 25.9 Å². The molecule has 0 bridgehead atoms. The van der Waals surface area contributed by atoms with Crippen molar-refractivity contribution >= 4 is 23.5 Å². The number of pyridine rings is 1. The van der Waals surface area contributed by atoms with Gasteiger partial charge in [-0.25, -0.2) is 9.78 Å². The monoisotopic (exact) mass is 268 g/mol. The molecule has 1 aliphatic heterocycles. The summed E-state index contributed by atoms with van der Waals surface area (Å²) in [6, 6.07) is 1.57. The summed E-state index contributed by atoms with van der Waals surface area (Å²) in [5.74, 6) is -1.06. The molecule has 0 fully saturated rings. The molecule has 96 valence electrons. The third-order valence-electron chi connectivity index (χ3n) is 3.09. The Bertz CT molecular complexity index is 516. The number of carbonyl (C=O) groups is 2. The summed E-state index contributed by atoms with van der Waals surface area (Å²) in [6.07, 6.45) is 1.22. The van der Waals surface area contributed by atoms with Gasteiger partial charge in [-0.2, -0.15) is 0 Å². The molecule has 1 N–H and O–H groups in total. The molecule has 2 heterocycles. The summed E-state index contributed by atoms with van der Waals surface area (Å²) in [4.78, 5) is 28.2. The number of carbonyl (C=O) groups excluding carboxylic acids is 1. The Morgan fingerprint density at radius 2 is 2.06 bits per heavy atom. The Morgan fingerprint density at radius 1 is 1.39 bits per heavy atom. The van der Waals surface area contributed by atoms with Crippen LogP contribution in [0.1, 0.15) is 28.5 Å². The molecule has 0 unspecified atom stereocenters. The van der Waals surface area contributed by atoms with E-state index >= 15 is 0 Å². The molecule has 1 aliphatic rings. The molecular formula is C12H13ClN2O3.